The standard InChI is InChI=1S/C16H21N3/c1-10-4-5-14(11(2)6-10)15-9-19-8-13(17)7-12(3)16(19)18-15/h4-6,9,12-13H,7-8,17H2,1-3H3. The van der Waals surface area contributed by atoms with Crippen LogP contribution in [0.3, 0.4) is 0 Å². The molecule has 2 atom stereocenters. The molecule has 0 saturated heterocycles. The molecule has 0 bridgehead atoms. The first-order valence-electron chi connectivity index (χ1n) is 6.95. The van der Waals surface area contributed by atoms with E-state index in [-0.39, 0.29) is 6.04 Å². The third-order valence-corrected chi connectivity index (χ3v) is 3.99. The molecule has 0 fully saturated rings. The maximum Gasteiger partial charge on any atom is 0.112 e. The van der Waals surface area contributed by atoms with E-state index in [9.17, 15) is 0 Å². The third-order valence-electron chi connectivity index (χ3n) is 3.99. The Hall–Kier alpha value is -1.61. The Morgan fingerprint density at radius 2 is 2.11 bits per heavy atom. The smallest absolute Gasteiger partial charge is 0.112 e. The van der Waals surface area contributed by atoms with Crippen LogP contribution in [0.5, 0.6) is 0 Å². The van der Waals surface area contributed by atoms with Gasteiger partial charge in [0.15, 0.2) is 0 Å². The number of aryl methyl sites for hydroxylation is 2. The van der Waals surface area contributed by atoms with Crippen molar-refractivity contribution in [1.29, 1.82) is 0 Å². The fourth-order valence-corrected chi connectivity index (χ4v) is 3.09. The lowest BCUT2D eigenvalue weighted by Crippen LogP contribution is -2.33. The number of imidazole rings is 1. The molecule has 0 spiro atoms. The largest absolute Gasteiger partial charge is 0.332 e. The van der Waals surface area contributed by atoms with Gasteiger partial charge < -0.3 is 10.3 Å². The zero-order valence-electron chi connectivity index (χ0n) is 11.9. The third kappa shape index (κ3) is 2.19. The van der Waals surface area contributed by atoms with Crippen molar-refractivity contribution >= 4 is 0 Å². The van der Waals surface area contributed by atoms with Crippen LogP contribution >= 0.6 is 0 Å². The van der Waals surface area contributed by atoms with Crippen LogP contribution < -0.4 is 5.73 Å². The summed E-state index contributed by atoms with van der Waals surface area (Å²) in [5.74, 6) is 1.62. The van der Waals surface area contributed by atoms with Crippen LogP contribution in [0.4, 0.5) is 0 Å². The van der Waals surface area contributed by atoms with Gasteiger partial charge >= 0.3 is 0 Å². The molecule has 0 amide bonds. The molecule has 1 aromatic carbocycles. The van der Waals surface area contributed by atoms with Crippen LogP contribution in [0, 0.1) is 13.8 Å². The Kier molecular flexibility index (Phi) is 2.94. The van der Waals surface area contributed by atoms with Gasteiger partial charge in [-0.05, 0) is 25.8 Å². The van der Waals surface area contributed by atoms with Crippen molar-refractivity contribution in [2.24, 2.45) is 5.73 Å². The summed E-state index contributed by atoms with van der Waals surface area (Å²) < 4.78 is 2.23. The van der Waals surface area contributed by atoms with Crippen LogP contribution in [0.25, 0.3) is 11.3 Å². The summed E-state index contributed by atoms with van der Waals surface area (Å²) in [4.78, 5) is 4.83. The van der Waals surface area contributed by atoms with E-state index in [1.807, 2.05) is 0 Å². The van der Waals surface area contributed by atoms with E-state index >= 15 is 0 Å². The normalized spacial score (nSPS) is 22.3. The van der Waals surface area contributed by atoms with Gasteiger partial charge in [0.25, 0.3) is 0 Å². The quantitative estimate of drug-likeness (QED) is 0.851. The summed E-state index contributed by atoms with van der Waals surface area (Å²) in [6, 6.07) is 6.78. The lowest BCUT2D eigenvalue weighted by Gasteiger charge is -2.25. The van der Waals surface area contributed by atoms with Crippen LogP contribution in [-0.4, -0.2) is 15.6 Å². The number of rotatable bonds is 1. The summed E-state index contributed by atoms with van der Waals surface area (Å²) >= 11 is 0. The molecule has 1 aliphatic rings. The minimum Gasteiger partial charge on any atom is -0.332 e. The first kappa shape index (κ1) is 12.4. The molecule has 0 radical (unpaired) electrons. The van der Waals surface area contributed by atoms with E-state index in [1.165, 1.54) is 22.5 Å². The lowest BCUT2D eigenvalue weighted by molar-refractivity contribution is 0.407. The number of nitrogens with two attached hydrogens (primary N) is 1. The minimum absolute atomic E-state index is 0.253. The van der Waals surface area contributed by atoms with E-state index in [2.05, 4.69) is 49.7 Å². The van der Waals surface area contributed by atoms with Crippen LogP contribution in [0.2, 0.25) is 0 Å². The molecule has 3 heteroatoms. The second kappa shape index (κ2) is 4.49. The van der Waals surface area contributed by atoms with Gasteiger partial charge in [0.2, 0.25) is 0 Å². The lowest BCUT2D eigenvalue weighted by atomic mass is 9.98. The average Bonchev–Trinajstić information content (AvgIpc) is 2.72. The summed E-state index contributed by atoms with van der Waals surface area (Å²) in [7, 11) is 0. The van der Waals surface area contributed by atoms with Gasteiger partial charge in [-0.3, -0.25) is 0 Å². The van der Waals surface area contributed by atoms with Crippen molar-refractivity contribution in [1.82, 2.24) is 9.55 Å². The Labute approximate surface area is 114 Å². The van der Waals surface area contributed by atoms with Gasteiger partial charge in [-0.2, -0.15) is 0 Å². The van der Waals surface area contributed by atoms with Crippen molar-refractivity contribution in [2.75, 3.05) is 0 Å². The number of aromatic nitrogens is 2. The second-order valence-corrected chi connectivity index (χ2v) is 5.85. The molecule has 0 aliphatic carbocycles. The predicted octanol–water partition coefficient (Wildman–Crippen LogP) is 3.00. The number of benzene rings is 1. The van der Waals surface area contributed by atoms with Gasteiger partial charge in [0.05, 0.1) is 5.69 Å². The zero-order chi connectivity index (χ0) is 13.6. The minimum atomic E-state index is 0.253. The number of hydrogen-bond acceptors (Lipinski definition) is 2. The first-order chi connectivity index (χ1) is 9.04. The van der Waals surface area contributed by atoms with Gasteiger partial charge in [-0.1, -0.05) is 30.7 Å². The molecule has 2 unspecified atom stereocenters. The Bertz CT molecular complexity index is 612. The second-order valence-electron chi connectivity index (χ2n) is 5.85. The van der Waals surface area contributed by atoms with E-state index in [0.29, 0.717) is 5.92 Å². The molecule has 2 heterocycles. The Balaban J connectivity index is 2.05. The molecule has 0 saturated carbocycles. The zero-order valence-corrected chi connectivity index (χ0v) is 11.9. The molecule has 19 heavy (non-hydrogen) atoms. The van der Waals surface area contributed by atoms with Crippen LogP contribution in [0.15, 0.2) is 24.4 Å². The highest BCUT2D eigenvalue weighted by atomic mass is 15.1. The van der Waals surface area contributed by atoms with Crippen molar-refractivity contribution < 1.29 is 0 Å². The van der Waals surface area contributed by atoms with E-state index in [4.69, 9.17) is 10.7 Å². The van der Waals surface area contributed by atoms with Crippen LogP contribution in [-0.2, 0) is 6.54 Å². The summed E-state index contributed by atoms with van der Waals surface area (Å²) in [5.41, 5.74) is 11.0. The van der Waals surface area contributed by atoms with E-state index in [1.54, 1.807) is 0 Å². The van der Waals surface area contributed by atoms with E-state index in [0.717, 1.165) is 18.7 Å². The summed E-state index contributed by atoms with van der Waals surface area (Å²) in [6.07, 6.45) is 3.19. The number of hydrogen-bond donors (Lipinski definition) is 1. The fraction of sp³-hybridized carbons (Fsp3) is 0.438. The summed E-state index contributed by atoms with van der Waals surface area (Å²) in [5, 5.41) is 0. The predicted molar refractivity (Wildman–Crippen MR) is 78.1 cm³/mol. The van der Waals surface area contributed by atoms with Gasteiger partial charge in [-0.15, -0.1) is 0 Å². The van der Waals surface area contributed by atoms with Gasteiger partial charge in [0.1, 0.15) is 5.82 Å². The maximum absolute atomic E-state index is 6.09. The molecule has 3 nitrogen and oxygen atoms in total. The number of nitrogens with zero attached hydrogens (tertiary/aromatic N) is 2. The highest BCUT2D eigenvalue weighted by molar-refractivity contribution is 5.63. The molecular weight excluding hydrogens is 234 g/mol. The monoisotopic (exact) mass is 255 g/mol. The number of fused-ring (bicyclic) bond motifs is 1. The highest BCUT2D eigenvalue weighted by Gasteiger charge is 2.24. The SMILES string of the molecule is Cc1ccc(-c2cn3c(n2)C(C)CC(N)C3)c(C)c1. The van der Waals surface area contributed by atoms with Gasteiger partial charge in [-0.25, -0.2) is 4.98 Å². The molecule has 3 rings (SSSR count). The molecular formula is C16H21N3. The average molecular weight is 255 g/mol. The fourth-order valence-electron chi connectivity index (χ4n) is 3.09. The van der Waals surface area contributed by atoms with Crippen molar-refractivity contribution in [3.05, 3.63) is 41.3 Å². The topological polar surface area (TPSA) is 43.8 Å². The highest BCUT2D eigenvalue weighted by Crippen LogP contribution is 2.30. The Morgan fingerprint density at radius 1 is 1.32 bits per heavy atom. The summed E-state index contributed by atoms with van der Waals surface area (Å²) in [6.45, 7) is 7.37. The van der Waals surface area contributed by atoms with Gasteiger partial charge in [0, 0.05) is 30.3 Å². The van der Waals surface area contributed by atoms with Crippen molar-refractivity contribution in [3.8, 4) is 11.3 Å². The molecule has 1 aliphatic heterocycles. The first-order valence-corrected chi connectivity index (χ1v) is 6.95. The van der Waals surface area contributed by atoms with Crippen LogP contribution in [0.1, 0.15) is 36.2 Å². The molecule has 2 N–H and O–H groups in total. The Morgan fingerprint density at radius 3 is 2.84 bits per heavy atom. The van der Waals surface area contributed by atoms with E-state index < -0.39 is 0 Å². The van der Waals surface area contributed by atoms with Crippen molar-refractivity contribution in [3.63, 3.8) is 0 Å². The van der Waals surface area contributed by atoms with Crippen molar-refractivity contribution in [2.45, 2.75) is 45.7 Å². The molecule has 1 aromatic heterocycles. The maximum atomic E-state index is 6.09. The molecule has 2 aromatic rings. The molecule has 100 valence electrons.